The lowest BCUT2D eigenvalue weighted by molar-refractivity contribution is -0.111. The number of carbonyl (C=O) groups is 2. The van der Waals surface area contributed by atoms with Crippen molar-refractivity contribution in [3.63, 3.8) is 0 Å². The van der Waals surface area contributed by atoms with E-state index in [1.807, 2.05) is 12.1 Å². The molecule has 204 valence electrons. The van der Waals surface area contributed by atoms with Crippen molar-refractivity contribution >= 4 is 64.9 Å². The van der Waals surface area contributed by atoms with Gasteiger partial charge in [0.25, 0.3) is 0 Å². The highest BCUT2D eigenvalue weighted by Crippen LogP contribution is 2.39. The summed E-state index contributed by atoms with van der Waals surface area (Å²) in [6.45, 7) is 3.37. The van der Waals surface area contributed by atoms with Crippen LogP contribution in [-0.2, 0) is 9.36 Å². The number of methoxy groups -OCH3 is 1. The van der Waals surface area contributed by atoms with E-state index in [0.717, 1.165) is 0 Å². The Morgan fingerprint density at radius 3 is 2.54 bits per heavy atom. The van der Waals surface area contributed by atoms with Crippen molar-refractivity contribution in [2.45, 2.75) is 18.4 Å². The Bertz CT molecular complexity index is 1490. The van der Waals surface area contributed by atoms with Crippen LogP contribution >= 0.6 is 18.7 Å². The van der Waals surface area contributed by atoms with Gasteiger partial charge >= 0.3 is 6.09 Å². The van der Waals surface area contributed by atoms with Crippen molar-refractivity contribution in [2.24, 2.45) is 0 Å². The lowest BCUT2D eigenvalue weighted by atomic mass is 10.2. The summed E-state index contributed by atoms with van der Waals surface area (Å²) in [6.07, 6.45) is 4.44. The smallest absolute Gasteiger partial charge is 0.405 e. The minimum absolute atomic E-state index is 0.202. The third kappa shape index (κ3) is 7.28. The second-order valence-corrected chi connectivity index (χ2v) is 12.9. The first-order chi connectivity index (χ1) is 18.5. The second kappa shape index (κ2) is 11.3. The normalized spacial score (nSPS) is 13.9. The third-order valence-corrected chi connectivity index (χ3v) is 7.72. The molecule has 1 aliphatic carbocycles. The number of ether oxygens (including phenoxy) is 1. The first-order valence-electron chi connectivity index (χ1n) is 11.9. The minimum atomic E-state index is -2.57. The van der Waals surface area contributed by atoms with E-state index in [9.17, 15) is 14.2 Å². The fraction of sp³-hybridized carbons (Fsp3) is 0.231. The summed E-state index contributed by atoms with van der Waals surface area (Å²) in [4.78, 5) is 32.1. The van der Waals surface area contributed by atoms with Crippen LogP contribution in [0.2, 0.25) is 5.02 Å². The average molecular weight is 571 g/mol. The number of halogens is 1. The number of carboxylic acid groups (broad SMARTS) is 1. The Hall–Kier alpha value is -4.08. The van der Waals surface area contributed by atoms with E-state index in [1.54, 1.807) is 49.7 Å². The monoisotopic (exact) mass is 570 g/mol. The van der Waals surface area contributed by atoms with Crippen molar-refractivity contribution in [1.82, 2.24) is 15.3 Å². The number of hydrogen-bond acceptors (Lipinski definition) is 8. The topological polar surface area (TPSA) is 155 Å². The van der Waals surface area contributed by atoms with Crippen LogP contribution in [0.15, 0.2) is 60.8 Å². The molecule has 1 heterocycles. The third-order valence-electron chi connectivity index (χ3n) is 5.89. The van der Waals surface area contributed by atoms with E-state index in [-0.39, 0.29) is 11.0 Å². The van der Waals surface area contributed by atoms with Gasteiger partial charge in [0.1, 0.15) is 17.9 Å². The number of hydrogen-bond donors (Lipinski definition) is 5. The fourth-order valence-electron chi connectivity index (χ4n) is 3.80. The number of carbonyl (C=O) groups excluding carboxylic acids is 1. The number of para-hydroxylation sites is 1. The van der Waals surface area contributed by atoms with Crippen LogP contribution < -0.4 is 31.3 Å². The van der Waals surface area contributed by atoms with Crippen molar-refractivity contribution in [3.05, 3.63) is 65.8 Å². The largest absolute Gasteiger partial charge is 0.495 e. The molecule has 2 aromatic carbocycles. The first kappa shape index (κ1) is 27.9. The SMILES string of the molecule is COc1ccc(NC(=O)C=CC2(NC(=O)O)CC2)cc1Nc1ncc(Cl)c(Nc2ccccc2P(C)(C)=O)n1. The lowest BCUT2D eigenvalue weighted by Crippen LogP contribution is -2.34. The van der Waals surface area contributed by atoms with Gasteiger partial charge in [0, 0.05) is 17.1 Å². The number of anilines is 5. The summed E-state index contributed by atoms with van der Waals surface area (Å²) in [5.41, 5.74) is 0.885. The average Bonchev–Trinajstić information content (AvgIpc) is 3.63. The molecule has 13 heteroatoms. The molecule has 5 N–H and O–H groups in total. The predicted octanol–water partition coefficient (Wildman–Crippen LogP) is 5.17. The number of benzene rings is 2. The highest BCUT2D eigenvalue weighted by atomic mass is 35.5. The molecule has 39 heavy (non-hydrogen) atoms. The number of nitrogens with one attached hydrogen (secondary N) is 4. The first-order valence-corrected chi connectivity index (χ1v) is 14.9. The molecule has 0 atom stereocenters. The zero-order valence-corrected chi connectivity index (χ0v) is 23.1. The molecule has 11 nitrogen and oxygen atoms in total. The van der Waals surface area contributed by atoms with Gasteiger partial charge in [0.2, 0.25) is 11.9 Å². The van der Waals surface area contributed by atoms with Crippen molar-refractivity contribution in [3.8, 4) is 5.75 Å². The molecule has 1 saturated carbocycles. The lowest BCUT2D eigenvalue weighted by Gasteiger charge is -2.16. The molecule has 0 spiro atoms. The van der Waals surface area contributed by atoms with Crippen LogP contribution in [0.5, 0.6) is 5.75 Å². The Labute approximate surface area is 230 Å². The van der Waals surface area contributed by atoms with Crippen LogP contribution in [0, 0.1) is 0 Å². The summed E-state index contributed by atoms with van der Waals surface area (Å²) in [6, 6.07) is 12.2. The van der Waals surface area contributed by atoms with Crippen LogP contribution in [0.3, 0.4) is 0 Å². The maximum absolute atomic E-state index is 12.7. The maximum Gasteiger partial charge on any atom is 0.405 e. The highest BCUT2D eigenvalue weighted by Gasteiger charge is 2.41. The van der Waals surface area contributed by atoms with Gasteiger partial charge < -0.3 is 35.7 Å². The van der Waals surface area contributed by atoms with Gasteiger partial charge in [-0.05, 0) is 56.5 Å². The van der Waals surface area contributed by atoms with Gasteiger partial charge in [-0.1, -0.05) is 29.8 Å². The van der Waals surface area contributed by atoms with E-state index in [1.165, 1.54) is 19.4 Å². The molecule has 1 aliphatic rings. The van der Waals surface area contributed by atoms with Gasteiger partial charge in [0.05, 0.1) is 30.2 Å². The standard InChI is InChI=1S/C26H28ClN6O5P/c1-38-20-9-8-16(29-22(34)10-11-26(12-13-26)33-25(35)36)14-19(20)31-24-28-15-17(27)23(32-24)30-18-6-4-5-7-21(18)39(2,3)37/h4-11,14-15,33H,12-13H2,1-3H3,(H,29,34)(H,35,36)(H2,28,30,31,32). The molecule has 0 radical (unpaired) electrons. The van der Waals surface area contributed by atoms with Crippen LogP contribution in [-0.4, -0.2) is 53.1 Å². The molecule has 4 rings (SSSR count). The van der Waals surface area contributed by atoms with Crippen LogP contribution in [0.4, 0.5) is 33.6 Å². The summed E-state index contributed by atoms with van der Waals surface area (Å²) in [5.74, 6) is 0.573. The minimum Gasteiger partial charge on any atom is -0.495 e. The molecule has 1 fully saturated rings. The quantitative estimate of drug-likeness (QED) is 0.164. The molecular formula is C26H28ClN6O5P. The Kier molecular flexibility index (Phi) is 8.13. The van der Waals surface area contributed by atoms with Crippen molar-refractivity contribution < 1.29 is 24.0 Å². The van der Waals surface area contributed by atoms with Crippen molar-refractivity contribution in [2.75, 3.05) is 36.4 Å². The number of nitrogens with zero attached hydrogens (tertiary/aromatic N) is 2. The number of aromatic nitrogens is 2. The van der Waals surface area contributed by atoms with E-state index < -0.39 is 24.7 Å². The summed E-state index contributed by atoms with van der Waals surface area (Å²) < 4.78 is 18.2. The molecule has 0 aliphatic heterocycles. The van der Waals surface area contributed by atoms with Gasteiger partial charge in [-0.3, -0.25) is 4.79 Å². The van der Waals surface area contributed by atoms with Crippen LogP contribution in [0.1, 0.15) is 12.8 Å². The molecule has 2 amide bonds. The molecule has 3 aromatic rings. The Balaban J connectivity index is 1.52. The molecule has 0 saturated heterocycles. The van der Waals surface area contributed by atoms with Gasteiger partial charge in [-0.2, -0.15) is 4.98 Å². The summed E-state index contributed by atoms with van der Waals surface area (Å²) in [5, 5.41) is 21.3. The van der Waals surface area contributed by atoms with Crippen molar-refractivity contribution in [1.29, 1.82) is 0 Å². The van der Waals surface area contributed by atoms with Gasteiger partial charge in [-0.15, -0.1) is 0 Å². The zero-order chi connectivity index (χ0) is 28.2. The highest BCUT2D eigenvalue weighted by molar-refractivity contribution is 7.70. The van der Waals surface area contributed by atoms with Crippen LogP contribution in [0.25, 0.3) is 0 Å². The predicted molar refractivity (Wildman–Crippen MR) is 153 cm³/mol. The van der Waals surface area contributed by atoms with E-state index in [4.69, 9.17) is 21.4 Å². The second-order valence-electron chi connectivity index (χ2n) is 9.33. The molecular weight excluding hydrogens is 543 g/mol. The van der Waals surface area contributed by atoms with Gasteiger partial charge in [0.15, 0.2) is 5.82 Å². The van der Waals surface area contributed by atoms with E-state index >= 15 is 0 Å². The fourth-order valence-corrected chi connectivity index (χ4v) is 5.09. The molecule has 1 aromatic heterocycles. The summed E-state index contributed by atoms with van der Waals surface area (Å²) in [7, 11) is -1.06. The van der Waals surface area contributed by atoms with E-state index in [0.29, 0.717) is 46.8 Å². The van der Waals surface area contributed by atoms with Gasteiger partial charge in [-0.25, -0.2) is 9.78 Å². The number of amides is 2. The Morgan fingerprint density at radius 2 is 1.87 bits per heavy atom. The molecule has 0 bridgehead atoms. The Morgan fingerprint density at radius 1 is 1.13 bits per heavy atom. The number of rotatable bonds is 10. The molecule has 0 unspecified atom stereocenters. The summed E-state index contributed by atoms with van der Waals surface area (Å²) >= 11 is 6.35. The maximum atomic E-state index is 12.7. The zero-order valence-electron chi connectivity index (χ0n) is 21.5. The van der Waals surface area contributed by atoms with E-state index in [2.05, 4.69) is 31.2 Å².